The van der Waals surface area contributed by atoms with E-state index < -0.39 is 6.04 Å². The lowest BCUT2D eigenvalue weighted by molar-refractivity contribution is -0.113. The first-order chi connectivity index (χ1) is 20.1. The third-order valence-electron chi connectivity index (χ3n) is 6.90. The second kappa shape index (κ2) is 11.4. The number of hydrogen-bond acceptors (Lipinski definition) is 6. The van der Waals surface area contributed by atoms with Crippen molar-refractivity contribution in [3.63, 3.8) is 0 Å². The summed E-state index contributed by atoms with van der Waals surface area (Å²) >= 11 is 0. The van der Waals surface area contributed by atoms with E-state index >= 15 is 0 Å². The number of benzene rings is 4. The number of nitrogens with zero attached hydrogens (tertiary/aromatic N) is 3. The van der Waals surface area contributed by atoms with Crippen LogP contribution < -0.4 is 20.1 Å². The Labute approximate surface area is 238 Å². The quantitative estimate of drug-likeness (QED) is 0.233. The average Bonchev–Trinajstić information content (AvgIpc) is 3.44. The van der Waals surface area contributed by atoms with Gasteiger partial charge in [-0.2, -0.15) is 4.98 Å². The number of nitrogens with one attached hydrogen (secondary N) is 2. The minimum Gasteiger partial charge on any atom is -0.496 e. The molecule has 2 N–H and O–H groups in total. The van der Waals surface area contributed by atoms with Crippen LogP contribution in [0.3, 0.4) is 0 Å². The van der Waals surface area contributed by atoms with Gasteiger partial charge in [0.25, 0.3) is 5.91 Å². The summed E-state index contributed by atoms with van der Waals surface area (Å²) in [6.07, 6.45) is 0. The maximum atomic E-state index is 13.8. The van der Waals surface area contributed by atoms with Crippen LogP contribution in [0.1, 0.15) is 24.1 Å². The predicted molar refractivity (Wildman–Crippen MR) is 159 cm³/mol. The normalized spacial score (nSPS) is 14.1. The van der Waals surface area contributed by atoms with Crippen molar-refractivity contribution in [1.82, 2.24) is 14.8 Å². The number of fused-ring (bicyclic) bond motifs is 1. The van der Waals surface area contributed by atoms with E-state index in [0.29, 0.717) is 46.8 Å². The molecule has 204 valence electrons. The van der Waals surface area contributed by atoms with Crippen LogP contribution in [-0.2, 0) is 11.4 Å². The molecule has 0 spiro atoms. The van der Waals surface area contributed by atoms with Crippen molar-refractivity contribution in [2.75, 3.05) is 17.7 Å². The maximum absolute atomic E-state index is 13.8. The zero-order chi connectivity index (χ0) is 28.2. The van der Waals surface area contributed by atoms with Gasteiger partial charge < -0.3 is 20.1 Å². The number of amides is 1. The van der Waals surface area contributed by atoms with Crippen LogP contribution in [0.4, 0.5) is 11.6 Å². The number of ether oxygens (including phenoxy) is 2. The zero-order valence-electron chi connectivity index (χ0n) is 22.7. The molecule has 1 atom stereocenters. The van der Waals surface area contributed by atoms with Gasteiger partial charge in [-0.25, -0.2) is 4.68 Å². The molecule has 4 aromatic carbocycles. The Balaban J connectivity index is 1.41. The van der Waals surface area contributed by atoms with Crippen molar-refractivity contribution in [3.8, 4) is 22.9 Å². The lowest BCUT2D eigenvalue weighted by Crippen LogP contribution is -2.31. The largest absolute Gasteiger partial charge is 0.496 e. The number of rotatable bonds is 8. The van der Waals surface area contributed by atoms with E-state index in [1.54, 1.807) is 11.8 Å². The van der Waals surface area contributed by atoms with Crippen molar-refractivity contribution in [1.29, 1.82) is 0 Å². The van der Waals surface area contributed by atoms with Gasteiger partial charge in [0, 0.05) is 11.4 Å². The fraction of sp³-hybridized carbons (Fsp3) is 0.121. The molecule has 1 unspecified atom stereocenters. The third-order valence-corrected chi connectivity index (χ3v) is 6.90. The summed E-state index contributed by atoms with van der Waals surface area (Å²) in [6, 6.07) is 34.2. The first-order valence-corrected chi connectivity index (χ1v) is 13.3. The fourth-order valence-electron chi connectivity index (χ4n) is 4.93. The molecule has 8 nitrogen and oxygen atoms in total. The van der Waals surface area contributed by atoms with Crippen molar-refractivity contribution in [2.24, 2.45) is 0 Å². The van der Waals surface area contributed by atoms with Gasteiger partial charge in [0.2, 0.25) is 5.95 Å². The van der Waals surface area contributed by atoms with Crippen molar-refractivity contribution < 1.29 is 14.3 Å². The summed E-state index contributed by atoms with van der Waals surface area (Å²) in [4.78, 5) is 18.6. The van der Waals surface area contributed by atoms with Crippen LogP contribution >= 0.6 is 0 Å². The molecule has 5 aromatic rings. The number of methoxy groups -OCH3 is 1. The number of anilines is 2. The van der Waals surface area contributed by atoms with Crippen LogP contribution in [0.5, 0.6) is 11.5 Å². The molecule has 0 radical (unpaired) electrons. The van der Waals surface area contributed by atoms with Crippen molar-refractivity contribution >= 4 is 17.5 Å². The van der Waals surface area contributed by atoms with Gasteiger partial charge in [-0.3, -0.25) is 4.79 Å². The molecule has 1 aliphatic heterocycles. The Kier molecular flexibility index (Phi) is 7.19. The SMILES string of the molecule is COc1ccccc1-c1nc2n(n1)C(c1cccc(OCc3ccccc3)c1)C(C(=O)Nc1ccccc1)=C(C)N2. The van der Waals surface area contributed by atoms with Crippen molar-refractivity contribution in [3.05, 3.63) is 132 Å². The molecular formula is C33H29N5O3. The number of hydrogen-bond donors (Lipinski definition) is 2. The molecule has 2 heterocycles. The first kappa shape index (κ1) is 25.9. The molecule has 0 bridgehead atoms. The molecule has 1 aromatic heterocycles. The van der Waals surface area contributed by atoms with Crippen LogP contribution in [0.25, 0.3) is 11.4 Å². The highest BCUT2D eigenvalue weighted by atomic mass is 16.5. The van der Waals surface area contributed by atoms with Gasteiger partial charge in [-0.1, -0.05) is 72.8 Å². The van der Waals surface area contributed by atoms with Gasteiger partial charge in [-0.15, -0.1) is 5.10 Å². The Morgan fingerprint density at radius 1 is 0.927 bits per heavy atom. The van der Waals surface area contributed by atoms with Crippen LogP contribution in [0.15, 0.2) is 120 Å². The summed E-state index contributed by atoms with van der Waals surface area (Å²) in [5.41, 5.74) is 4.58. The van der Waals surface area contributed by atoms with Gasteiger partial charge in [-0.05, 0) is 54.4 Å². The Morgan fingerprint density at radius 2 is 1.66 bits per heavy atom. The Morgan fingerprint density at radius 3 is 2.44 bits per heavy atom. The summed E-state index contributed by atoms with van der Waals surface area (Å²) in [6.45, 7) is 2.31. The highest BCUT2D eigenvalue weighted by Gasteiger charge is 2.35. The van der Waals surface area contributed by atoms with E-state index in [2.05, 4.69) is 10.6 Å². The summed E-state index contributed by atoms with van der Waals surface area (Å²) in [5.74, 6) is 2.14. The Bertz CT molecular complexity index is 1710. The van der Waals surface area contributed by atoms with Crippen molar-refractivity contribution in [2.45, 2.75) is 19.6 Å². The minimum absolute atomic E-state index is 0.234. The standard InChI is InChI=1S/C33H29N5O3/c1-22-29(32(39)35-25-15-7-4-8-16-25)30(24-14-11-17-26(20-24)41-21-23-12-5-3-6-13-23)38-33(34-22)36-31(37-38)27-18-9-10-19-28(27)40-2/h3-20,30H,21H2,1-2H3,(H,35,39)(H,34,36,37). The van der Waals surface area contributed by atoms with Crippen LogP contribution in [0, 0.1) is 0 Å². The highest BCUT2D eigenvalue weighted by Crippen LogP contribution is 2.39. The molecule has 41 heavy (non-hydrogen) atoms. The zero-order valence-corrected chi connectivity index (χ0v) is 22.7. The number of carbonyl (C=O) groups is 1. The van der Waals surface area contributed by atoms with Gasteiger partial charge in [0.05, 0.1) is 18.2 Å². The molecule has 0 aliphatic carbocycles. The van der Waals surface area contributed by atoms with E-state index in [1.807, 2.05) is 116 Å². The molecule has 0 fully saturated rings. The number of carbonyl (C=O) groups excluding carboxylic acids is 1. The van der Waals surface area contributed by atoms with Gasteiger partial charge >= 0.3 is 0 Å². The number of para-hydroxylation sites is 2. The lowest BCUT2D eigenvalue weighted by Gasteiger charge is -2.29. The van der Waals surface area contributed by atoms with Gasteiger partial charge in [0.1, 0.15) is 24.1 Å². The van der Waals surface area contributed by atoms with E-state index in [9.17, 15) is 4.79 Å². The molecule has 0 saturated carbocycles. The number of allylic oxidation sites excluding steroid dienone is 1. The van der Waals surface area contributed by atoms with E-state index in [0.717, 1.165) is 16.7 Å². The van der Waals surface area contributed by atoms with Gasteiger partial charge in [0.15, 0.2) is 5.82 Å². The van der Waals surface area contributed by atoms with E-state index in [-0.39, 0.29) is 5.91 Å². The van der Waals surface area contributed by atoms with Crippen LogP contribution in [-0.4, -0.2) is 27.8 Å². The fourth-order valence-corrected chi connectivity index (χ4v) is 4.93. The smallest absolute Gasteiger partial charge is 0.255 e. The average molecular weight is 544 g/mol. The summed E-state index contributed by atoms with van der Waals surface area (Å²) in [7, 11) is 1.62. The molecule has 6 rings (SSSR count). The molecular weight excluding hydrogens is 514 g/mol. The predicted octanol–water partition coefficient (Wildman–Crippen LogP) is 6.46. The number of aromatic nitrogens is 3. The summed E-state index contributed by atoms with van der Waals surface area (Å²) in [5, 5.41) is 11.2. The monoisotopic (exact) mass is 543 g/mol. The molecule has 0 saturated heterocycles. The first-order valence-electron chi connectivity index (χ1n) is 13.3. The molecule has 1 amide bonds. The second-order valence-corrected chi connectivity index (χ2v) is 9.64. The second-order valence-electron chi connectivity index (χ2n) is 9.64. The Hall–Kier alpha value is -5.37. The maximum Gasteiger partial charge on any atom is 0.255 e. The lowest BCUT2D eigenvalue weighted by atomic mass is 9.95. The van der Waals surface area contributed by atoms with E-state index in [4.69, 9.17) is 19.6 Å². The van der Waals surface area contributed by atoms with E-state index in [1.165, 1.54) is 0 Å². The topological polar surface area (TPSA) is 90.3 Å². The third kappa shape index (κ3) is 5.40. The molecule has 8 heteroatoms. The summed E-state index contributed by atoms with van der Waals surface area (Å²) < 4.78 is 13.5. The highest BCUT2D eigenvalue weighted by molar-refractivity contribution is 6.06. The minimum atomic E-state index is -0.564. The molecule has 1 aliphatic rings. The van der Waals surface area contributed by atoms with Crippen LogP contribution in [0.2, 0.25) is 0 Å².